The molecule has 0 bridgehead atoms. The molecule has 0 spiro atoms. The van der Waals surface area contributed by atoms with E-state index < -0.39 is 35.6 Å². The first-order chi connectivity index (χ1) is 15.1. The highest BCUT2D eigenvalue weighted by molar-refractivity contribution is 5.94. The van der Waals surface area contributed by atoms with Gasteiger partial charge >= 0.3 is 18.1 Å². The second-order valence-corrected chi connectivity index (χ2v) is 6.72. The lowest BCUT2D eigenvalue weighted by molar-refractivity contribution is -0.159. The number of ether oxygens (including phenoxy) is 4. The summed E-state index contributed by atoms with van der Waals surface area (Å²) in [5, 5.41) is 3.07. The lowest BCUT2D eigenvalue weighted by Crippen LogP contribution is -2.30. The number of benzene rings is 2. The Morgan fingerprint density at radius 1 is 0.906 bits per heavy atom. The monoisotopic (exact) mass is 455 g/mol. The highest BCUT2D eigenvalue weighted by Crippen LogP contribution is 2.35. The number of anilines is 1. The van der Waals surface area contributed by atoms with Crippen LogP contribution < -0.4 is 14.8 Å². The number of nitrogens with one attached hydrogen (secondary N) is 1. The number of alkyl halides is 3. The van der Waals surface area contributed by atoms with Crippen molar-refractivity contribution in [3.63, 3.8) is 0 Å². The van der Waals surface area contributed by atoms with Crippen molar-refractivity contribution < 1.29 is 41.7 Å². The third-order valence-corrected chi connectivity index (χ3v) is 4.78. The fraction of sp³-hybridized carbons (Fsp3) is 0.364. The number of carbonyl (C=O) groups is 2. The summed E-state index contributed by atoms with van der Waals surface area (Å²) >= 11 is 0. The highest BCUT2D eigenvalue weighted by Gasteiger charge is 2.34. The van der Waals surface area contributed by atoms with Gasteiger partial charge in [-0.1, -0.05) is 12.1 Å². The molecule has 0 radical (unpaired) electrons. The minimum atomic E-state index is -4.56. The summed E-state index contributed by atoms with van der Waals surface area (Å²) in [4.78, 5) is 24.3. The van der Waals surface area contributed by atoms with Gasteiger partial charge < -0.3 is 24.3 Å². The smallest absolute Gasteiger partial charge is 0.416 e. The van der Waals surface area contributed by atoms with Gasteiger partial charge in [0.1, 0.15) is 0 Å². The average Bonchev–Trinajstić information content (AvgIpc) is 2.80. The van der Waals surface area contributed by atoms with Gasteiger partial charge in [-0.25, -0.2) is 0 Å². The summed E-state index contributed by atoms with van der Waals surface area (Å²) in [5.74, 6) is -2.23. The van der Waals surface area contributed by atoms with Crippen molar-refractivity contribution in [2.45, 2.75) is 18.6 Å². The summed E-state index contributed by atoms with van der Waals surface area (Å²) in [7, 11) is 5.13. The minimum Gasteiger partial charge on any atom is -0.493 e. The van der Waals surface area contributed by atoms with Gasteiger partial charge in [0.05, 0.1) is 40.0 Å². The zero-order valence-electron chi connectivity index (χ0n) is 18.0. The zero-order chi connectivity index (χ0) is 23.9. The number of carbonyl (C=O) groups excluding carboxylic acids is 2. The maximum Gasteiger partial charge on any atom is 0.416 e. The third kappa shape index (κ3) is 6.05. The largest absolute Gasteiger partial charge is 0.493 e. The van der Waals surface area contributed by atoms with Crippen LogP contribution in [0.3, 0.4) is 0 Å². The van der Waals surface area contributed by atoms with Gasteiger partial charge in [0.2, 0.25) is 0 Å². The fourth-order valence-corrected chi connectivity index (χ4v) is 3.15. The molecule has 0 aliphatic rings. The molecule has 0 aromatic heterocycles. The van der Waals surface area contributed by atoms with Crippen LogP contribution in [0.15, 0.2) is 42.5 Å². The van der Waals surface area contributed by atoms with Crippen LogP contribution in [0.2, 0.25) is 0 Å². The highest BCUT2D eigenvalue weighted by atomic mass is 19.4. The van der Waals surface area contributed by atoms with Crippen LogP contribution >= 0.6 is 0 Å². The van der Waals surface area contributed by atoms with Crippen molar-refractivity contribution in [1.82, 2.24) is 0 Å². The summed E-state index contributed by atoms with van der Waals surface area (Å²) in [6.45, 7) is 0. The summed E-state index contributed by atoms with van der Waals surface area (Å²) < 4.78 is 59.6. The van der Waals surface area contributed by atoms with Gasteiger partial charge in [-0.05, 0) is 36.2 Å². The molecular formula is C22H24F3NO6. The first-order valence-corrected chi connectivity index (χ1v) is 9.46. The van der Waals surface area contributed by atoms with E-state index in [0.717, 1.165) is 26.4 Å². The predicted octanol–water partition coefficient (Wildman–Crippen LogP) is 4.23. The Bertz CT molecular complexity index is 932. The van der Waals surface area contributed by atoms with Gasteiger partial charge in [0, 0.05) is 11.8 Å². The van der Waals surface area contributed by atoms with Gasteiger partial charge in [0.25, 0.3) is 0 Å². The first-order valence-electron chi connectivity index (χ1n) is 9.46. The SMILES string of the molecule is COC(=O)C(C[C@H](Nc1ccc(OC)c(OC)c1)c1cccc(C(F)(F)F)c1)C(=O)OC. The quantitative estimate of drug-likeness (QED) is 0.448. The van der Waals surface area contributed by atoms with Crippen molar-refractivity contribution in [2.75, 3.05) is 33.8 Å². The van der Waals surface area contributed by atoms with Gasteiger partial charge in [-0.2, -0.15) is 13.2 Å². The molecule has 0 heterocycles. The Kier molecular flexibility index (Phi) is 8.34. The average molecular weight is 455 g/mol. The lowest BCUT2D eigenvalue weighted by Gasteiger charge is -2.24. The Morgan fingerprint density at radius 2 is 1.53 bits per heavy atom. The molecule has 0 aliphatic heterocycles. The molecule has 0 saturated carbocycles. The van der Waals surface area contributed by atoms with E-state index in [2.05, 4.69) is 14.8 Å². The molecule has 0 aliphatic carbocycles. The molecular weight excluding hydrogens is 431 g/mol. The number of rotatable bonds is 9. The van der Waals surface area contributed by atoms with Crippen LogP contribution in [0, 0.1) is 5.92 Å². The van der Waals surface area contributed by atoms with Crippen LogP contribution in [-0.4, -0.2) is 40.4 Å². The maximum atomic E-state index is 13.3. The lowest BCUT2D eigenvalue weighted by atomic mass is 9.93. The second-order valence-electron chi connectivity index (χ2n) is 6.72. The molecule has 0 amide bonds. The normalized spacial score (nSPS) is 12.1. The first kappa shape index (κ1) is 24.8. The molecule has 1 atom stereocenters. The summed E-state index contributed by atoms with van der Waals surface area (Å²) in [5.41, 5.74) is -0.173. The van der Waals surface area contributed by atoms with E-state index in [-0.39, 0.29) is 12.0 Å². The molecule has 2 aromatic carbocycles. The fourth-order valence-electron chi connectivity index (χ4n) is 3.15. The molecule has 7 nitrogen and oxygen atoms in total. The Labute approximate surface area is 183 Å². The molecule has 174 valence electrons. The van der Waals surface area contributed by atoms with Crippen LogP contribution in [0.5, 0.6) is 11.5 Å². The number of halogens is 3. The van der Waals surface area contributed by atoms with Gasteiger partial charge in [-0.15, -0.1) is 0 Å². The molecule has 1 N–H and O–H groups in total. The number of hydrogen-bond acceptors (Lipinski definition) is 7. The predicted molar refractivity (Wildman–Crippen MR) is 109 cm³/mol. The molecule has 2 aromatic rings. The molecule has 2 rings (SSSR count). The van der Waals surface area contributed by atoms with Crippen molar-refractivity contribution in [2.24, 2.45) is 5.92 Å². The molecule has 10 heteroatoms. The van der Waals surface area contributed by atoms with Crippen molar-refractivity contribution >= 4 is 17.6 Å². The van der Waals surface area contributed by atoms with E-state index >= 15 is 0 Å². The van der Waals surface area contributed by atoms with E-state index in [1.54, 1.807) is 18.2 Å². The topological polar surface area (TPSA) is 83.1 Å². The van der Waals surface area contributed by atoms with E-state index in [4.69, 9.17) is 9.47 Å². The Morgan fingerprint density at radius 3 is 2.06 bits per heavy atom. The second kappa shape index (κ2) is 10.7. The standard InChI is InChI=1S/C22H24F3NO6/c1-29-18-9-8-15(11-19(18)30-2)26-17(12-16(20(27)31-3)21(28)32-4)13-6-5-7-14(10-13)22(23,24)25/h5-11,16-17,26H,12H2,1-4H3/t17-/m0/s1. The Balaban J connectivity index is 2.49. The number of methoxy groups -OCH3 is 4. The molecule has 32 heavy (non-hydrogen) atoms. The van der Waals surface area contributed by atoms with Crippen LogP contribution in [0.4, 0.5) is 18.9 Å². The van der Waals surface area contributed by atoms with E-state index in [1.165, 1.54) is 26.4 Å². The van der Waals surface area contributed by atoms with Gasteiger partial charge in [0.15, 0.2) is 17.4 Å². The van der Waals surface area contributed by atoms with E-state index in [0.29, 0.717) is 17.2 Å². The van der Waals surface area contributed by atoms with Crippen LogP contribution in [0.25, 0.3) is 0 Å². The number of hydrogen-bond donors (Lipinski definition) is 1. The van der Waals surface area contributed by atoms with Gasteiger partial charge in [-0.3, -0.25) is 9.59 Å². The molecule has 0 saturated heterocycles. The molecule has 0 fully saturated rings. The van der Waals surface area contributed by atoms with Crippen molar-refractivity contribution in [3.8, 4) is 11.5 Å². The van der Waals surface area contributed by atoms with Crippen LogP contribution in [-0.2, 0) is 25.2 Å². The van der Waals surface area contributed by atoms with Crippen molar-refractivity contribution in [3.05, 3.63) is 53.6 Å². The maximum absolute atomic E-state index is 13.3. The third-order valence-electron chi connectivity index (χ3n) is 4.78. The Hall–Kier alpha value is -3.43. The minimum absolute atomic E-state index is 0.213. The number of esters is 2. The molecule has 0 unspecified atom stereocenters. The van der Waals surface area contributed by atoms with E-state index in [1.807, 2.05) is 0 Å². The van der Waals surface area contributed by atoms with Crippen LogP contribution in [0.1, 0.15) is 23.6 Å². The van der Waals surface area contributed by atoms with E-state index in [9.17, 15) is 22.8 Å². The zero-order valence-corrected chi connectivity index (χ0v) is 18.0. The summed E-state index contributed by atoms with van der Waals surface area (Å²) in [6.07, 6.45) is -4.77. The van der Waals surface area contributed by atoms with Crippen molar-refractivity contribution in [1.29, 1.82) is 0 Å². The summed E-state index contributed by atoms with van der Waals surface area (Å²) in [6, 6.07) is 8.59.